The van der Waals surface area contributed by atoms with E-state index in [0.29, 0.717) is 5.92 Å². The van der Waals surface area contributed by atoms with Crippen molar-refractivity contribution in [1.82, 2.24) is 4.98 Å². The summed E-state index contributed by atoms with van der Waals surface area (Å²) in [5, 5.41) is 2.52. The van der Waals surface area contributed by atoms with Crippen LogP contribution in [0.15, 0.2) is 85.1 Å². The lowest BCUT2D eigenvalue weighted by Gasteiger charge is -2.23. The summed E-state index contributed by atoms with van der Waals surface area (Å²) >= 11 is 0. The lowest BCUT2D eigenvalue weighted by atomic mass is 9.83. The van der Waals surface area contributed by atoms with Gasteiger partial charge in [0.25, 0.3) is 0 Å². The van der Waals surface area contributed by atoms with Gasteiger partial charge in [0.2, 0.25) is 0 Å². The highest BCUT2D eigenvalue weighted by Gasteiger charge is 2.21. The molecule has 0 radical (unpaired) electrons. The zero-order chi connectivity index (χ0) is 14.8. The van der Waals surface area contributed by atoms with Crippen LogP contribution in [-0.2, 0) is 0 Å². The second kappa shape index (κ2) is 5.61. The monoisotopic (exact) mass is 283 g/mol. The van der Waals surface area contributed by atoms with E-state index in [1.165, 1.54) is 27.6 Å². The quantitative estimate of drug-likeness (QED) is 0.616. The van der Waals surface area contributed by atoms with Crippen molar-refractivity contribution in [1.29, 1.82) is 0 Å². The van der Waals surface area contributed by atoms with Crippen molar-refractivity contribution in [2.75, 3.05) is 0 Å². The maximum absolute atomic E-state index is 4.73. The van der Waals surface area contributed by atoms with Gasteiger partial charge < -0.3 is 0 Å². The van der Waals surface area contributed by atoms with E-state index in [4.69, 9.17) is 4.98 Å². The molecule has 0 N–H and O–H groups in total. The minimum absolute atomic E-state index is 0.318. The molecule has 0 aliphatic heterocycles. The van der Waals surface area contributed by atoms with Crippen LogP contribution in [0.25, 0.3) is 16.3 Å². The first-order chi connectivity index (χ1) is 10.9. The van der Waals surface area contributed by atoms with Crippen LogP contribution in [0.2, 0.25) is 0 Å². The zero-order valence-electron chi connectivity index (χ0n) is 12.3. The molecule has 0 saturated carbocycles. The Hall–Kier alpha value is -2.67. The maximum Gasteiger partial charge on any atom is 0.0559 e. The summed E-state index contributed by atoms with van der Waals surface area (Å²) in [6.07, 6.45) is 9.55. The van der Waals surface area contributed by atoms with Crippen molar-refractivity contribution < 1.29 is 0 Å². The number of hydrogen-bond donors (Lipinski definition) is 0. The molecule has 1 aliphatic carbocycles. The fourth-order valence-corrected chi connectivity index (χ4v) is 3.24. The molecule has 1 aromatic heterocycles. The average Bonchev–Trinajstić information content (AvgIpc) is 2.62. The van der Waals surface area contributed by atoms with Crippen LogP contribution in [0.1, 0.15) is 23.6 Å². The summed E-state index contributed by atoms with van der Waals surface area (Å²) in [4.78, 5) is 4.73. The Morgan fingerprint density at radius 2 is 1.68 bits per heavy atom. The molecule has 22 heavy (non-hydrogen) atoms. The second-order valence-corrected chi connectivity index (χ2v) is 5.62. The number of benzene rings is 2. The van der Waals surface area contributed by atoms with Crippen LogP contribution < -0.4 is 0 Å². The highest BCUT2D eigenvalue weighted by molar-refractivity contribution is 5.87. The van der Waals surface area contributed by atoms with Gasteiger partial charge in [0, 0.05) is 17.5 Å². The van der Waals surface area contributed by atoms with E-state index in [1.807, 2.05) is 6.20 Å². The Kier molecular flexibility index (Phi) is 3.32. The molecule has 1 aliphatic rings. The summed E-state index contributed by atoms with van der Waals surface area (Å²) < 4.78 is 0. The first-order valence-electron chi connectivity index (χ1n) is 7.69. The summed E-state index contributed by atoms with van der Waals surface area (Å²) in [6, 6.07) is 21.2. The molecule has 3 aromatic rings. The maximum atomic E-state index is 4.73. The molecule has 4 rings (SSSR count). The predicted octanol–water partition coefficient (Wildman–Crippen LogP) is 5.36. The Morgan fingerprint density at radius 1 is 0.864 bits per heavy atom. The molecular weight excluding hydrogens is 266 g/mol. The molecule has 2 aromatic carbocycles. The van der Waals surface area contributed by atoms with Gasteiger partial charge in [0.15, 0.2) is 0 Å². The van der Waals surface area contributed by atoms with Crippen molar-refractivity contribution in [2.24, 2.45) is 0 Å². The van der Waals surface area contributed by atoms with E-state index >= 15 is 0 Å². The lowest BCUT2D eigenvalue weighted by molar-refractivity contribution is 0.845. The molecule has 1 atom stereocenters. The first kappa shape index (κ1) is 13.0. The largest absolute Gasteiger partial charge is 0.260 e. The van der Waals surface area contributed by atoms with Crippen molar-refractivity contribution in [3.8, 4) is 0 Å². The smallest absolute Gasteiger partial charge is 0.0559 e. The van der Waals surface area contributed by atoms with Crippen molar-refractivity contribution in [2.45, 2.75) is 12.3 Å². The highest BCUT2D eigenvalue weighted by Crippen LogP contribution is 2.39. The fraction of sp³-hybridized carbons (Fsp3) is 0.0952. The summed E-state index contributed by atoms with van der Waals surface area (Å²) in [6.45, 7) is 0. The molecule has 1 nitrogen and oxygen atoms in total. The normalized spacial score (nSPS) is 17.5. The SMILES string of the molecule is C1=CCC(c2nccc3ccccc23)C(c2ccccc2)=C1. The predicted molar refractivity (Wildman–Crippen MR) is 92.7 cm³/mol. The molecule has 0 fully saturated rings. The zero-order valence-corrected chi connectivity index (χ0v) is 12.3. The Labute approximate surface area is 130 Å². The topological polar surface area (TPSA) is 12.9 Å². The molecule has 1 unspecified atom stereocenters. The third-order valence-corrected chi connectivity index (χ3v) is 4.30. The molecular formula is C21H17N. The van der Waals surface area contributed by atoms with E-state index in [1.54, 1.807) is 0 Å². The number of pyridine rings is 1. The highest BCUT2D eigenvalue weighted by atomic mass is 14.7. The van der Waals surface area contributed by atoms with Gasteiger partial charge in [0.1, 0.15) is 0 Å². The number of fused-ring (bicyclic) bond motifs is 1. The van der Waals surface area contributed by atoms with Crippen LogP contribution in [0, 0.1) is 0 Å². The van der Waals surface area contributed by atoms with Crippen molar-refractivity contribution in [3.05, 3.63) is 96.3 Å². The van der Waals surface area contributed by atoms with Gasteiger partial charge in [-0.1, -0.05) is 72.8 Å². The number of hydrogen-bond acceptors (Lipinski definition) is 1. The third-order valence-electron chi connectivity index (χ3n) is 4.30. The number of nitrogens with zero attached hydrogens (tertiary/aromatic N) is 1. The Bertz CT molecular complexity index is 854. The molecule has 1 heteroatoms. The Balaban J connectivity index is 1.87. The molecule has 0 spiro atoms. The Morgan fingerprint density at radius 3 is 2.59 bits per heavy atom. The van der Waals surface area contributed by atoms with Gasteiger partial charge in [-0.05, 0) is 29.0 Å². The minimum Gasteiger partial charge on any atom is -0.260 e. The second-order valence-electron chi connectivity index (χ2n) is 5.62. The fourth-order valence-electron chi connectivity index (χ4n) is 3.24. The molecule has 0 saturated heterocycles. The number of aromatic nitrogens is 1. The minimum atomic E-state index is 0.318. The molecule has 1 heterocycles. The van der Waals surface area contributed by atoms with Crippen LogP contribution in [0.3, 0.4) is 0 Å². The summed E-state index contributed by atoms with van der Waals surface area (Å²) in [7, 11) is 0. The van der Waals surface area contributed by atoms with Crippen LogP contribution in [0.5, 0.6) is 0 Å². The van der Waals surface area contributed by atoms with Gasteiger partial charge in [-0.15, -0.1) is 0 Å². The average molecular weight is 283 g/mol. The van der Waals surface area contributed by atoms with E-state index in [2.05, 4.69) is 78.9 Å². The van der Waals surface area contributed by atoms with E-state index in [0.717, 1.165) is 6.42 Å². The standard InChI is InChI=1S/C21H17N/c1-2-8-16(9-3-1)18-11-6-7-13-20(18)21-19-12-5-4-10-17(19)14-15-22-21/h1-12,14-15,20H,13H2. The summed E-state index contributed by atoms with van der Waals surface area (Å²) in [5.41, 5.74) is 3.82. The van der Waals surface area contributed by atoms with Gasteiger partial charge in [-0.3, -0.25) is 4.98 Å². The van der Waals surface area contributed by atoms with E-state index in [9.17, 15) is 0 Å². The van der Waals surface area contributed by atoms with Gasteiger partial charge in [0.05, 0.1) is 5.69 Å². The summed E-state index contributed by atoms with van der Waals surface area (Å²) in [5.74, 6) is 0.318. The first-order valence-corrected chi connectivity index (χ1v) is 7.69. The van der Waals surface area contributed by atoms with E-state index < -0.39 is 0 Å². The molecule has 106 valence electrons. The van der Waals surface area contributed by atoms with Crippen molar-refractivity contribution >= 4 is 16.3 Å². The van der Waals surface area contributed by atoms with Crippen LogP contribution >= 0.6 is 0 Å². The van der Waals surface area contributed by atoms with Gasteiger partial charge >= 0.3 is 0 Å². The lowest BCUT2D eigenvalue weighted by Crippen LogP contribution is -2.06. The third kappa shape index (κ3) is 2.25. The number of allylic oxidation sites excluding steroid dienone is 4. The molecule has 0 amide bonds. The van der Waals surface area contributed by atoms with Crippen molar-refractivity contribution in [3.63, 3.8) is 0 Å². The van der Waals surface area contributed by atoms with Crippen LogP contribution in [-0.4, -0.2) is 4.98 Å². The van der Waals surface area contributed by atoms with Gasteiger partial charge in [-0.2, -0.15) is 0 Å². The molecule has 0 bridgehead atoms. The number of rotatable bonds is 2. The van der Waals surface area contributed by atoms with Gasteiger partial charge in [-0.25, -0.2) is 0 Å². The van der Waals surface area contributed by atoms with Crippen LogP contribution in [0.4, 0.5) is 0 Å². The van der Waals surface area contributed by atoms with E-state index in [-0.39, 0.29) is 0 Å².